The van der Waals surface area contributed by atoms with Gasteiger partial charge in [-0.1, -0.05) is 6.08 Å². The molecule has 0 fully saturated rings. The Hall–Kier alpha value is -2.01. The van der Waals surface area contributed by atoms with E-state index in [4.69, 9.17) is 9.47 Å². The number of hydrogen-bond acceptors (Lipinski definition) is 4. The molecular weight excluding hydrogens is 246 g/mol. The maximum absolute atomic E-state index is 12.3. The van der Waals surface area contributed by atoms with Crippen LogP contribution in [0.4, 0.5) is 0 Å². The molecule has 5 heteroatoms. The Bertz CT molecular complexity index is 445. The maximum atomic E-state index is 12.3. The van der Waals surface area contributed by atoms with Crippen molar-refractivity contribution < 1.29 is 19.4 Å². The summed E-state index contributed by atoms with van der Waals surface area (Å²) in [6, 6.07) is 4.57. The molecule has 0 heterocycles. The second kappa shape index (κ2) is 7.43. The van der Waals surface area contributed by atoms with Gasteiger partial charge in [0.05, 0.1) is 13.7 Å². The van der Waals surface area contributed by atoms with Crippen LogP contribution in [0.25, 0.3) is 0 Å². The number of hydrogen-bond donors (Lipinski definition) is 1. The number of nitrogens with zero attached hydrogens (tertiary/aromatic N) is 1. The standard InChI is InChI=1S/C14H19NO4/c1-4-7-15(8-9-18-2)14(17)11-5-6-13(19-3)12(16)10-11/h4-6,10,16H,1,7-9H2,2-3H3. The summed E-state index contributed by atoms with van der Waals surface area (Å²) in [7, 11) is 3.04. The molecule has 104 valence electrons. The molecule has 1 aromatic rings. The molecular formula is C14H19NO4. The Labute approximate surface area is 113 Å². The fraction of sp³-hybridized carbons (Fsp3) is 0.357. The van der Waals surface area contributed by atoms with Crippen LogP contribution < -0.4 is 4.74 Å². The summed E-state index contributed by atoms with van der Waals surface area (Å²) in [5.41, 5.74) is 0.399. The normalized spacial score (nSPS) is 10.0. The van der Waals surface area contributed by atoms with Crippen LogP contribution in [-0.4, -0.2) is 49.8 Å². The third kappa shape index (κ3) is 3.99. The highest BCUT2D eigenvalue weighted by Gasteiger charge is 2.16. The minimum atomic E-state index is -0.185. The number of amides is 1. The molecule has 1 N–H and O–H groups in total. The molecule has 1 amide bonds. The molecule has 0 aliphatic heterocycles. The van der Waals surface area contributed by atoms with Gasteiger partial charge in [-0.15, -0.1) is 6.58 Å². The highest BCUT2D eigenvalue weighted by molar-refractivity contribution is 5.95. The highest BCUT2D eigenvalue weighted by Crippen LogP contribution is 2.26. The number of aromatic hydroxyl groups is 1. The molecule has 0 atom stereocenters. The van der Waals surface area contributed by atoms with Crippen LogP contribution in [0, 0.1) is 0 Å². The van der Waals surface area contributed by atoms with Gasteiger partial charge in [-0.25, -0.2) is 0 Å². The lowest BCUT2D eigenvalue weighted by molar-refractivity contribution is 0.0717. The zero-order valence-electron chi connectivity index (χ0n) is 11.3. The lowest BCUT2D eigenvalue weighted by atomic mass is 10.1. The zero-order chi connectivity index (χ0) is 14.3. The van der Waals surface area contributed by atoms with Gasteiger partial charge in [-0.05, 0) is 18.2 Å². The van der Waals surface area contributed by atoms with Crippen molar-refractivity contribution in [3.05, 3.63) is 36.4 Å². The second-order valence-electron chi connectivity index (χ2n) is 3.92. The smallest absolute Gasteiger partial charge is 0.254 e. The van der Waals surface area contributed by atoms with Crippen LogP contribution in [0.2, 0.25) is 0 Å². The number of ether oxygens (including phenoxy) is 2. The van der Waals surface area contributed by atoms with Crippen LogP contribution in [0.3, 0.4) is 0 Å². The number of carbonyl (C=O) groups excluding carboxylic acids is 1. The topological polar surface area (TPSA) is 59.0 Å². The fourth-order valence-corrected chi connectivity index (χ4v) is 1.64. The molecule has 0 unspecified atom stereocenters. The Morgan fingerprint density at radius 2 is 2.21 bits per heavy atom. The van der Waals surface area contributed by atoms with E-state index in [1.807, 2.05) is 0 Å². The van der Waals surface area contributed by atoms with Crippen LogP contribution >= 0.6 is 0 Å². The van der Waals surface area contributed by atoms with Gasteiger partial charge in [0.2, 0.25) is 0 Å². The van der Waals surface area contributed by atoms with Crippen molar-refractivity contribution >= 4 is 5.91 Å². The van der Waals surface area contributed by atoms with Crippen LogP contribution in [0.15, 0.2) is 30.9 Å². The van der Waals surface area contributed by atoms with Crippen LogP contribution in [0.5, 0.6) is 11.5 Å². The number of benzene rings is 1. The van der Waals surface area contributed by atoms with Gasteiger partial charge in [0.25, 0.3) is 5.91 Å². The quantitative estimate of drug-likeness (QED) is 0.762. The summed E-state index contributed by atoms with van der Waals surface area (Å²) in [5.74, 6) is 0.0947. The molecule has 0 aliphatic carbocycles. The Balaban J connectivity index is 2.89. The molecule has 0 saturated carbocycles. The van der Waals surface area contributed by atoms with Crippen molar-refractivity contribution in [2.75, 3.05) is 33.9 Å². The zero-order valence-corrected chi connectivity index (χ0v) is 11.3. The predicted octanol–water partition coefficient (Wildman–Crippen LogP) is 1.68. The fourth-order valence-electron chi connectivity index (χ4n) is 1.64. The monoisotopic (exact) mass is 265 g/mol. The van der Waals surface area contributed by atoms with Crippen molar-refractivity contribution in [1.29, 1.82) is 0 Å². The summed E-state index contributed by atoms with van der Waals surface area (Å²) >= 11 is 0. The lowest BCUT2D eigenvalue weighted by Gasteiger charge is -2.21. The molecule has 19 heavy (non-hydrogen) atoms. The van der Waals surface area contributed by atoms with Gasteiger partial charge in [0.15, 0.2) is 11.5 Å². The summed E-state index contributed by atoms with van der Waals surface area (Å²) < 4.78 is 9.91. The van der Waals surface area contributed by atoms with Gasteiger partial charge in [-0.2, -0.15) is 0 Å². The average Bonchev–Trinajstić information content (AvgIpc) is 2.42. The molecule has 0 aromatic heterocycles. The first-order valence-electron chi connectivity index (χ1n) is 5.90. The SMILES string of the molecule is C=CCN(CCOC)C(=O)c1ccc(OC)c(O)c1. The molecule has 0 radical (unpaired) electrons. The molecule has 0 aliphatic rings. The van der Waals surface area contributed by atoms with E-state index in [9.17, 15) is 9.90 Å². The minimum absolute atomic E-state index is 0.0568. The average molecular weight is 265 g/mol. The molecule has 0 spiro atoms. The number of phenolic OH excluding ortho intramolecular Hbond substituents is 1. The molecule has 0 bridgehead atoms. The summed E-state index contributed by atoms with van der Waals surface area (Å²) in [5, 5.41) is 9.69. The van der Waals surface area contributed by atoms with E-state index < -0.39 is 0 Å². The van der Waals surface area contributed by atoms with E-state index in [-0.39, 0.29) is 11.7 Å². The predicted molar refractivity (Wildman–Crippen MR) is 72.6 cm³/mol. The van der Waals surface area contributed by atoms with Gasteiger partial charge in [-0.3, -0.25) is 4.79 Å². The first kappa shape index (κ1) is 15.0. The third-order valence-electron chi connectivity index (χ3n) is 2.63. The van der Waals surface area contributed by atoms with Crippen molar-refractivity contribution in [1.82, 2.24) is 4.90 Å². The van der Waals surface area contributed by atoms with Crippen molar-refractivity contribution in [2.24, 2.45) is 0 Å². The van der Waals surface area contributed by atoms with E-state index >= 15 is 0 Å². The largest absolute Gasteiger partial charge is 0.504 e. The molecule has 0 saturated heterocycles. The van der Waals surface area contributed by atoms with Crippen LogP contribution in [-0.2, 0) is 4.74 Å². The van der Waals surface area contributed by atoms with Gasteiger partial charge in [0.1, 0.15) is 0 Å². The van der Waals surface area contributed by atoms with Crippen molar-refractivity contribution in [2.45, 2.75) is 0 Å². The van der Waals surface area contributed by atoms with E-state index in [0.717, 1.165) is 0 Å². The van der Waals surface area contributed by atoms with E-state index in [0.29, 0.717) is 31.0 Å². The molecule has 5 nitrogen and oxygen atoms in total. The highest BCUT2D eigenvalue weighted by atomic mass is 16.5. The molecule has 1 aromatic carbocycles. The van der Waals surface area contributed by atoms with Gasteiger partial charge < -0.3 is 19.5 Å². The van der Waals surface area contributed by atoms with Gasteiger partial charge in [0, 0.05) is 25.8 Å². The maximum Gasteiger partial charge on any atom is 0.254 e. The summed E-state index contributed by atoms with van der Waals surface area (Å²) in [6.07, 6.45) is 1.65. The van der Waals surface area contributed by atoms with Crippen molar-refractivity contribution in [3.8, 4) is 11.5 Å². The number of methoxy groups -OCH3 is 2. The Morgan fingerprint density at radius 1 is 1.47 bits per heavy atom. The summed E-state index contributed by atoms with van der Waals surface area (Å²) in [6.45, 7) is 4.96. The van der Waals surface area contributed by atoms with Gasteiger partial charge >= 0.3 is 0 Å². The first-order chi connectivity index (χ1) is 9.13. The Morgan fingerprint density at radius 3 is 2.74 bits per heavy atom. The van der Waals surface area contributed by atoms with E-state index in [2.05, 4.69) is 6.58 Å². The van der Waals surface area contributed by atoms with E-state index in [1.54, 1.807) is 30.2 Å². The summed E-state index contributed by atoms with van der Waals surface area (Å²) in [4.78, 5) is 13.9. The van der Waals surface area contributed by atoms with E-state index in [1.165, 1.54) is 13.2 Å². The second-order valence-corrected chi connectivity index (χ2v) is 3.92. The number of phenols is 1. The lowest BCUT2D eigenvalue weighted by Crippen LogP contribution is -2.34. The minimum Gasteiger partial charge on any atom is -0.504 e. The first-order valence-corrected chi connectivity index (χ1v) is 5.90. The van der Waals surface area contributed by atoms with Crippen molar-refractivity contribution in [3.63, 3.8) is 0 Å². The third-order valence-corrected chi connectivity index (χ3v) is 2.63. The van der Waals surface area contributed by atoms with Crippen LogP contribution in [0.1, 0.15) is 10.4 Å². The number of carbonyl (C=O) groups is 1. The molecule has 1 rings (SSSR count). The Kier molecular flexibility index (Phi) is 5.89. The number of rotatable bonds is 7.